The minimum atomic E-state index is 0.0712. The summed E-state index contributed by atoms with van der Waals surface area (Å²) in [6, 6.07) is 12.0. The molecule has 0 bridgehead atoms. The topological polar surface area (TPSA) is 88.1 Å². The van der Waals surface area contributed by atoms with Gasteiger partial charge in [0.1, 0.15) is 6.33 Å². The number of hydrogen-bond acceptors (Lipinski definition) is 7. The number of halogens is 2. The summed E-state index contributed by atoms with van der Waals surface area (Å²) in [5.41, 5.74) is 8.68. The van der Waals surface area contributed by atoms with Crippen molar-refractivity contribution in [3.63, 3.8) is 0 Å². The van der Waals surface area contributed by atoms with Gasteiger partial charge in [-0.2, -0.15) is 0 Å². The Bertz CT molecular complexity index is 1340. The maximum Gasteiger partial charge on any atom is 0.231 e. The molecule has 3 heterocycles. The lowest BCUT2D eigenvalue weighted by molar-refractivity contribution is 0.174. The molecule has 2 N–H and O–H groups in total. The van der Waals surface area contributed by atoms with Crippen LogP contribution in [0.25, 0.3) is 11.2 Å². The van der Waals surface area contributed by atoms with Crippen molar-refractivity contribution in [2.45, 2.75) is 28.9 Å². The van der Waals surface area contributed by atoms with Crippen LogP contribution in [0.4, 0.5) is 5.82 Å². The SMILES string of the molecule is Nc1ncnc2c1nc(Sc1cc3c(cc1Br)OCO3)n2C(c1ccc(Cl)cc1)C1CC1. The standard InChI is InChI=1S/C22H17BrClN5O2S/c23-14-7-15-16(31-10-30-15)8-17(14)32-22-28-18-20(25)26-9-27-21(18)29(22)19(11-1-2-11)12-3-5-13(24)6-4-12/h3-9,11,19H,1-2,10H2,(H2,25,26,27). The van der Waals surface area contributed by atoms with Gasteiger partial charge >= 0.3 is 0 Å². The average Bonchev–Trinajstić information content (AvgIpc) is 3.41. The van der Waals surface area contributed by atoms with Crippen LogP contribution >= 0.6 is 39.3 Å². The lowest BCUT2D eigenvalue weighted by Gasteiger charge is -2.22. The van der Waals surface area contributed by atoms with E-state index in [-0.39, 0.29) is 12.8 Å². The van der Waals surface area contributed by atoms with E-state index in [1.54, 1.807) is 0 Å². The summed E-state index contributed by atoms with van der Waals surface area (Å²) in [4.78, 5) is 14.6. The van der Waals surface area contributed by atoms with Crippen molar-refractivity contribution in [2.24, 2.45) is 5.92 Å². The number of imidazole rings is 1. The van der Waals surface area contributed by atoms with E-state index in [0.29, 0.717) is 28.0 Å². The Kier molecular flexibility index (Phi) is 4.93. The van der Waals surface area contributed by atoms with Crippen LogP contribution in [-0.2, 0) is 0 Å². The number of nitrogens with zero attached hydrogens (tertiary/aromatic N) is 4. The van der Waals surface area contributed by atoms with E-state index in [9.17, 15) is 0 Å². The first-order valence-corrected chi connectivity index (χ1v) is 12.1. The number of hydrogen-bond donors (Lipinski definition) is 1. The molecular formula is C22H17BrClN5O2S. The first-order valence-electron chi connectivity index (χ1n) is 10.1. The number of ether oxygens (including phenoxy) is 2. The fourth-order valence-electron chi connectivity index (χ4n) is 4.01. The van der Waals surface area contributed by atoms with Crippen molar-refractivity contribution in [2.75, 3.05) is 12.5 Å². The molecule has 0 spiro atoms. The van der Waals surface area contributed by atoms with Gasteiger partial charge in [0.2, 0.25) is 6.79 Å². The van der Waals surface area contributed by atoms with E-state index in [1.807, 2.05) is 24.3 Å². The van der Waals surface area contributed by atoms with Crippen LogP contribution in [0.5, 0.6) is 11.5 Å². The van der Waals surface area contributed by atoms with Crippen LogP contribution in [0, 0.1) is 5.92 Å². The first-order chi connectivity index (χ1) is 15.6. The van der Waals surface area contributed by atoms with Crippen LogP contribution in [0.1, 0.15) is 24.4 Å². The molecule has 2 aliphatic rings. The zero-order chi connectivity index (χ0) is 21.8. The normalized spacial score (nSPS) is 15.9. The maximum atomic E-state index is 6.19. The summed E-state index contributed by atoms with van der Waals surface area (Å²) in [7, 11) is 0. The molecule has 2 aromatic carbocycles. The fourth-order valence-corrected chi connectivity index (χ4v) is 5.65. The number of fused-ring (bicyclic) bond motifs is 2. The molecule has 1 aliphatic heterocycles. The lowest BCUT2D eigenvalue weighted by Crippen LogP contribution is -2.14. The van der Waals surface area contributed by atoms with Crippen molar-refractivity contribution >= 4 is 56.3 Å². The summed E-state index contributed by atoms with van der Waals surface area (Å²) < 4.78 is 14.2. The van der Waals surface area contributed by atoms with Gasteiger partial charge < -0.3 is 15.2 Å². The molecule has 162 valence electrons. The second-order valence-electron chi connectivity index (χ2n) is 7.77. The maximum absolute atomic E-state index is 6.19. The summed E-state index contributed by atoms with van der Waals surface area (Å²) >= 11 is 11.4. The van der Waals surface area contributed by atoms with Crippen molar-refractivity contribution in [1.29, 1.82) is 0 Å². The number of nitrogen functional groups attached to an aromatic ring is 1. The Morgan fingerprint density at radius 3 is 2.62 bits per heavy atom. The number of benzene rings is 2. The van der Waals surface area contributed by atoms with E-state index in [2.05, 4.69) is 42.6 Å². The number of aromatic nitrogens is 4. The highest BCUT2D eigenvalue weighted by atomic mass is 79.9. The molecule has 0 saturated heterocycles. The van der Waals surface area contributed by atoms with Crippen LogP contribution in [0.3, 0.4) is 0 Å². The van der Waals surface area contributed by atoms with Crippen LogP contribution in [0.15, 0.2) is 57.3 Å². The molecule has 32 heavy (non-hydrogen) atoms. The molecule has 1 aliphatic carbocycles. The molecule has 1 fully saturated rings. The van der Waals surface area contributed by atoms with Gasteiger partial charge in [0, 0.05) is 14.4 Å². The third kappa shape index (κ3) is 3.48. The predicted molar refractivity (Wildman–Crippen MR) is 126 cm³/mol. The Hall–Kier alpha value is -2.49. The number of rotatable bonds is 5. The van der Waals surface area contributed by atoms with E-state index in [0.717, 1.165) is 38.8 Å². The average molecular weight is 531 g/mol. The Morgan fingerprint density at radius 1 is 1.12 bits per heavy atom. The largest absolute Gasteiger partial charge is 0.454 e. The van der Waals surface area contributed by atoms with Crippen LogP contribution in [0.2, 0.25) is 5.02 Å². The Balaban J connectivity index is 1.52. The highest BCUT2D eigenvalue weighted by Crippen LogP contribution is 2.48. The summed E-state index contributed by atoms with van der Waals surface area (Å²) in [6.45, 7) is 0.223. The Labute approximate surface area is 201 Å². The molecule has 6 rings (SSSR count). The van der Waals surface area contributed by atoms with Gasteiger partial charge in [-0.05, 0) is 64.5 Å². The highest BCUT2D eigenvalue weighted by Gasteiger charge is 2.37. The number of nitrogens with two attached hydrogens (primary N) is 1. The van der Waals surface area contributed by atoms with Crippen LogP contribution < -0.4 is 15.2 Å². The van der Waals surface area contributed by atoms with Gasteiger partial charge in [-0.1, -0.05) is 35.5 Å². The summed E-state index contributed by atoms with van der Waals surface area (Å²) in [6.07, 6.45) is 3.78. The molecule has 0 radical (unpaired) electrons. The molecule has 0 amide bonds. The van der Waals surface area contributed by atoms with E-state index in [1.165, 1.54) is 23.7 Å². The molecule has 4 aromatic rings. The molecule has 1 atom stereocenters. The third-order valence-electron chi connectivity index (χ3n) is 5.66. The van der Waals surface area contributed by atoms with Crippen molar-refractivity contribution < 1.29 is 9.47 Å². The molecular weight excluding hydrogens is 514 g/mol. The Morgan fingerprint density at radius 2 is 1.88 bits per heavy atom. The minimum absolute atomic E-state index is 0.0712. The van der Waals surface area contributed by atoms with Gasteiger partial charge in [-0.25, -0.2) is 15.0 Å². The molecule has 1 unspecified atom stereocenters. The van der Waals surface area contributed by atoms with Gasteiger partial charge in [-0.3, -0.25) is 4.57 Å². The molecule has 7 nitrogen and oxygen atoms in total. The van der Waals surface area contributed by atoms with E-state index < -0.39 is 0 Å². The smallest absolute Gasteiger partial charge is 0.231 e. The van der Waals surface area contributed by atoms with Gasteiger partial charge in [0.15, 0.2) is 33.6 Å². The van der Waals surface area contributed by atoms with E-state index in [4.69, 9.17) is 31.8 Å². The third-order valence-corrected chi connectivity index (χ3v) is 7.86. The fraction of sp³-hybridized carbons (Fsp3) is 0.227. The van der Waals surface area contributed by atoms with E-state index >= 15 is 0 Å². The van der Waals surface area contributed by atoms with Gasteiger partial charge in [-0.15, -0.1) is 0 Å². The second kappa shape index (κ2) is 7.83. The number of anilines is 1. The van der Waals surface area contributed by atoms with Gasteiger partial charge in [0.05, 0.1) is 6.04 Å². The van der Waals surface area contributed by atoms with Crippen LogP contribution in [-0.4, -0.2) is 26.3 Å². The summed E-state index contributed by atoms with van der Waals surface area (Å²) in [5.74, 6) is 2.30. The van der Waals surface area contributed by atoms with Crippen molar-refractivity contribution in [3.8, 4) is 11.5 Å². The molecule has 10 heteroatoms. The van der Waals surface area contributed by atoms with Gasteiger partial charge in [0.25, 0.3) is 0 Å². The zero-order valence-corrected chi connectivity index (χ0v) is 19.8. The first kappa shape index (κ1) is 20.1. The quantitative estimate of drug-likeness (QED) is 0.354. The second-order valence-corrected chi connectivity index (χ2v) is 10.1. The van der Waals surface area contributed by atoms with Crippen molar-refractivity contribution in [1.82, 2.24) is 19.5 Å². The summed E-state index contributed by atoms with van der Waals surface area (Å²) in [5, 5.41) is 1.50. The highest BCUT2D eigenvalue weighted by molar-refractivity contribution is 9.10. The molecule has 1 saturated carbocycles. The zero-order valence-electron chi connectivity index (χ0n) is 16.7. The predicted octanol–water partition coefficient (Wildman–Crippen LogP) is 5.70. The minimum Gasteiger partial charge on any atom is -0.454 e. The lowest BCUT2D eigenvalue weighted by atomic mass is 10.0. The monoisotopic (exact) mass is 529 g/mol. The van der Waals surface area contributed by atoms with Crippen molar-refractivity contribution in [3.05, 3.63) is 57.8 Å². The molecule has 2 aromatic heterocycles.